The van der Waals surface area contributed by atoms with Gasteiger partial charge in [0.25, 0.3) is 0 Å². The number of rotatable bonds is 2. The minimum Gasteiger partial charge on any atom is -0.298 e. The van der Waals surface area contributed by atoms with Gasteiger partial charge in [-0.1, -0.05) is 30.3 Å². The lowest BCUT2D eigenvalue weighted by Gasteiger charge is -2.26. The van der Waals surface area contributed by atoms with Gasteiger partial charge in [0.1, 0.15) is 5.82 Å². The van der Waals surface area contributed by atoms with Crippen molar-refractivity contribution < 1.29 is 9.18 Å². The lowest BCUT2D eigenvalue weighted by molar-refractivity contribution is -0.113. The second-order valence-electron chi connectivity index (χ2n) is 6.10. The second-order valence-corrected chi connectivity index (χ2v) is 6.10. The number of hydrogen-bond acceptors (Lipinski definition) is 3. The van der Waals surface area contributed by atoms with Crippen molar-refractivity contribution >= 4 is 17.9 Å². The molecule has 3 rings (SSSR count). The van der Waals surface area contributed by atoms with E-state index in [0.29, 0.717) is 35.4 Å². The molecule has 2 aromatic rings. The van der Waals surface area contributed by atoms with E-state index < -0.39 is 0 Å². The summed E-state index contributed by atoms with van der Waals surface area (Å²) >= 11 is 0. The van der Waals surface area contributed by atoms with Gasteiger partial charge in [0.05, 0.1) is 11.6 Å². The molecule has 0 amide bonds. The van der Waals surface area contributed by atoms with Gasteiger partial charge >= 0.3 is 0 Å². The Bertz CT molecular complexity index is 904. The van der Waals surface area contributed by atoms with Gasteiger partial charge in [-0.05, 0) is 43.0 Å². The van der Waals surface area contributed by atoms with Crippen molar-refractivity contribution in [1.82, 2.24) is 4.90 Å². The summed E-state index contributed by atoms with van der Waals surface area (Å²) in [4.78, 5) is 14.8. The zero-order valence-electron chi connectivity index (χ0n) is 13.9. The van der Waals surface area contributed by atoms with Gasteiger partial charge in [-0.3, -0.25) is 9.69 Å². The van der Waals surface area contributed by atoms with Crippen molar-refractivity contribution in [3.05, 3.63) is 82.2 Å². The number of halogens is 1. The van der Waals surface area contributed by atoms with Crippen LogP contribution in [0.25, 0.3) is 12.2 Å². The lowest BCUT2D eigenvalue weighted by atomic mass is 9.94. The normalized spacial score (nSPS) is 18.5. The van der Waals surface area contributed by atoms with E-state index in [1.54, 1.807) is 36.4 Å². The fraction of sp³-hybridized carbons (Fsp3) is 0.143. The predicted molar refractivity (Wildman–Crippen MR) is 96.0 cm³/mol. The molecule has 1 aliphatic rings. The Morgan fingerprint density at radius 3 is 2.32 bits per heavy atom. The molecule has 3 nitrogen and oxygen atoms in total. The van der Waals surface area contributed by atoms with Gasteiger partial charge in [-0.25, -0.2) is 4.39 Å². The number of hydrogen-bond donors (Lipinski definition) is 0. The number of likely N-dealkylation sites (tertiary alicyclic amines) is 1. The third-order valence-electron chi connectivity index (χ3n) is 4.08. The molecule has 4 heteroatoms. The van der Waals surface area contributed by atoms with Crippen molar-refractivity contribution in [3.8, 4) is 6.07 Å². The van der Waals surface area contributed by atoms with Crippen molar-refractivity contribution in [1.29, 1.82) is 5.26 Å². The molecule has 0 atom stereocenters. The van der Waals surface area contributed by atoms with Crippen LogP contribution in [0.1, 0.15) is 16.7 Å². The first-order valence-corrected chi connectivity index (χ1v) is 7.96. The Morgan fingerprint density at radius 2 is 1.68 bits per heavy atom. The number of Topliss-reactive ketones (excluding diaryl/α,β-unsaturated/α-hetero) is 1. The number of carbonyl (C=O) groups is 1. The topological polar surface area (TPSA) is 44.1 Å². The number of likely N-dealkylation sites (N-methyl/N-ethyl adjacent to an activating group) is 1. The molecule has 0 N–H and O–H groups in total. The number of nitrogens with zero attached hydrogens (tertiary/aromatic N) is 2. The molecule has 0 spiro atoms. The summed E-state index contributed by atoms with van der Waals surface area (Å²) in [6.07, 6.45) is 3.45. The van der Waals surface area contributed by atoms with Crippen LogP contribution in [0.5, 0.6) is 0 Å². The van der Waals surface area contributed by atoms with Crippen molar-refractivity contribution in [2.45, 2.75) is 0 Å². The van der Waals surface area contributed by atoms with Crippen LogP contribution < -0.4 is 0 Å². The standard InChI is InChI=1S/C21H17FN2O/c1-24-13-18(10-15-6-8-16(12-23)9-7-15)21(25)19(14-24)11-17-4-2-3-5-20(17)22/h2-11H,13-14H2,1H3/b18-10+,19-11+. The Balaban J connectivity index is 1.93. The fourth-order valence-electron chi connectivity index (χ4n) is 2.84. The third kappa shape index (κ3) is 3.90. The van der Waals surface area contributed by atoms with E-state index in [0.717, 1.165) is 5.56 Å². The lowest BCUT2D eigenvalue weighted by Crippen LogP contribution is -2.34. The van der Waals surface area contributed by atoms with Gasteiger partial charge < -0.3 is 0 Å². The van der Waals surface area contributed by atoms with E-state index >= 15 is 0 Å². The highest BCUT2D eigenvalue weighted by Gasteiger charge is 2.24. The summed E-state index contributed by atoms with van der Waals surface area (Å²) in [5, 5.41) is 8.86. The molecule has 25 heavy (non-hydrogen) atoms. The summed E-state index contributed by atoms with van der Waals surface area (Å²) in [6.45, 7) is 1.02. The smallest absolute Gasteiger partial charge is 0.187 e. The maximum Gasteiger partial charge on any atom is 0.187 e. The molecule has 0 aliphatic carbocycles. The molecular weight excluding hydrogens is 315 g/mol. The minimum atomic E-state index is -0.339. The molecule has 2 aromatic carbocycles. The maximum atomic E-state index is 13.9. The Morgan fingerprint density at radius 1 is 1.04 bits per heavy atom. The molecule has 1 heterocycles. The predicted octanol–water partition coefficient (Wildman–Crippen LogP) is 3.68. The first-order valence-electron chi connectivity index (χ1n) is 7.96. The summed E-state index contributed by atoms with van der Waals surface area (Å²) in [6, 6.07) is 15.6. The van der Waals surface area contributed by atoms with Crippen LogP contribution in [0.15, 0.2) is 59.7 Å². The maximum absolute atomic E-state index is 13.9. The number of ketones is 1. The van der Waals surface area contributed by atoms with Crippen molar-refractivity contribution in [2.24, 2.45) is 0 Å². The molecule has 0 bridgehead atoms. The van der Waals surface area contributed by atoms with Gasteiger partial charge in [0.2, 0.25) is 0 Å². The average molecular weight is 332 g/mol. The van der Waals surface area contributed by atoms with Crippen LogP contribution in [0.2, 0.25) is 0 Å². The van der Waals surface area contributed by atoms with E-state index in [4.69, 9.17) is 5.26 Å². The number of piperidine rings is 1. The van der Waals surface area contributed by atoms with E-state index in [1.807, 2.05) is 30.2 Å². The zero-order chi connectivity index (χ0) is 17.8. The minimum absolute atomic E-state index is 0.0642. The SMILES string of the molecule is CN1C/C(=C\c2ccc(C#N)cc2)C(=O)/C(=C/c2ccccc2F)C1. The van der Waals surface area contributed by atoms with Crippen LogP contribution in [0, 0.1) is 17.1 Å². The monoisotopic (exact) mass is 332 g/mol. The molecule has 0 unspecified atom stereocenters. The highest BCUT2D eigenvalue weighted by Crippen LogP contribution is 2.22. The van der Waals surface area contributed by atoms with E-state index in [1.165, 1.54) is 6.07 Å². The molecular formula is C21H17FN2O. The van der Waals surface area contributed by atoms with Crippen molar-refractivity contribution in [2.75, 3.05) is 20.1 Å². The molecule has 0 aromatic heterocycles. The van der Waals surface area contributed by atoms with Crippen molar-refractivity contribution in [3.63, 3.8) is 0 Å². The third-order valence-corrected chi connectivity index (χ3v) is 4.08. The second kappa shape index (κ2) is 7.25. The quantitative estimate of drug-likeness (QED) is 0.788. The first kappa shape index (κ1) is 16.8. The summed E-state index contributed by atoms with van der Waals surface area (Å²) in [7, 11) is 1.92. The Kier molecular flexibility index (Phi) is 4.87. The fourth-order valence-corrected chi connectivity index (χ4v) is 2.84. The first-order chi connectivity index (χ1) is 12.1. The number of benzene rings is 2. The van der Waals surface area contributed by atoms with Crippen LogP contribution in [0.4, 0.5) is 4.39 Å². The molecule has 0 radical (unpaired) electrons. The van der Waals surface area contributed by atoms with Crippen LogP contribution in [0.3, 0.4) is 0 Å². The Hall–Kier alpha value is -3.03. The van der Waals surface area contributed by atoms with E-state index in [2.05, 4.69) is 6.07 Å². The molecule has 1 saturated heterocycles. The highest BCUT2D eigenvalue weighted by molar-refractivity contribution is 6.14. The van der Waals surface area contributed by atoms with Gasteiger partial charge in [0, 0.05) is 29.8 Å². The van der Waals surface area contributed by atoms with Gasteiger partial charge in [-0.2, -0.15) is 5.26 Å². The number of nitriles is 1. The molecule has 0 saturated carbocycles. The highest BCUT2D eigenvalue weighted by atomic mass is 19.1. The largest absolute Gasteiger partial charge is 0.298 e. The average Bonchev–Trinajstić information content (AvgIpc) is 2.61. The summed E-state index contributed by atoms with van der Waals surface area (Å²) < 4.78 is 13.9. The molecule has 1 fully saturated rings. The number of carbonyl (C=O) groups excluding carboxylic acids is 1. The van der Waals surface area contributed by atoms with Gasteiger partial charge in [-0.15, -0.1) is 0 Å². The van der Waals surface area contributed by atoms with Crippen LogP contribution in [-0.2, 0) is 4.79 Å². The summed E-state index contributed by atoms with van der Waals surface area (Å²) in [5.74, 6) is -0.403. The summed E-state index contributed by atoms with van der Waals surface area (Å²) in [5.41, 5.74) is 3.08. The molecule has 1 aliphatic heterocycles. The van der Waals surface area contributed by atoms with Crippen LogP contribution in [-0.4, -0.2) is 30.8 Å². The van der Waals surface area contributed by atoms with Gasteiger partial charge in [0.15, 0.2) is 5.78 Å². The van der Waals surface area contributed by atoms with Crippen LogP contribution >= 0.6 is 0 Å². The zero-order valence-corrected chi connectivity index (χ0v) is 13.9. The van der Waals surface area contributed by atoms with E-state index in [9.17, 15) is 9.18 Å². The van der Waals surface area contributed by atoms with E-state index in [-0.39, 0.29) is 11.6 Å². The Labute approximate surface area is 146 Å². The molecule has 124 valence electrons.